The van der Waals surface area contributed by atoms with Crippen molar-refractivity contribution in [1.29, 1.82) is 0 Å². The van der Waals surface area contributed by atoms with E-state index in [-0.39, 0.29) is 4.90 Å². The number of sulfonamides is 1. The lowest BCUT2D eigenvalue weighted by atomic mass is 10.0. The highest BCUT2D eigenvalue weighted by molar-refractivity contribution is 7.99. The second kappa shape index (κ2) is 8.17. The Kier molecular flexibility index (Phi) is 6.53. The van der Waals surface area contributed by atoms with Gasteiger partial charge in [-0.1, -0.05) is 0 Å². The first kappa shape index (κ1) is 16.8. The molecule has 1 aliphatic rings. The van der Waals surface area contributed by atoms with Crippen LogP contribution in [0.5, 0.6) is 0 Å². The molecule has 0 saturated carbocycles. The molecule has 8 heteroatoms. The maximum absolute atomic E-state index is 12.2. The highest BCUT2D eigenvalue weighted by atomic mass is 32.2. The van der Waals surface area contributed by atoms with Crippen LogP contribution in [-0.2, 0) is 16.6 Å². The van der Waals surface area contributed by atoms with Gasteiger partial charge in [0.1, 0.15) is 4.90 Å². The Labute approximate surface area is 131 Å². The molecule has 6 nitrogen and oxygen atoms in total. The van der Waals surface area contributed by atoms with Crippen molar-refractivity contribution in [2.24, 2.45) is 5.92 Å². The molecule has 0 amide bonds. The molecule has 21 heavy (non-hydrogen) atoms. The molecule has 1 aromatic rings. The predicted molar refractivity (Wildman–Crippen MR) is 86.0 cm³/mol. The first-order chi connectivity index (χ1) is 10.1. The Balaban J connectivity index is 1.86. The maximum Gasteiger partial charge on any atom is 0.243 e. The minimum atomic E-state index is -3.43. The van der Waals surface area contributed by atoms with Gasteiger partial charge in [0, 0.05) is 19.3 Å². The van der Waals surface area contributed by atoms with E-state index in [1.165, 1.54) is 6.20 Å². The standard InChI is InChI=1S/C13H24N4O2S2/c1-14-5-2-6-17-11-13(10-15-17)21(18,19)16-9-12-3-7-20-8-4-12/h10-12,14,16H,2-9H2,1H3. The summed E-state index contributed by atoms with van der Waals surface area (Å²) < 4.78 is 28.9. The van der Waals surface area contributed by atoms with Gasteiger partial charge in [-0.25, -0.2) is 13.1 Å². The summed E-state index contributed by atoms with van der Waals surface area (Å²) in [5.41, 5.74) is 0. The average molecular weight is 332 g/mol. The largest absolute Gasteiger partial charge is 0.320 e. The van der Waals surface area contributed by atoms with E-state index in [1.54, 1.807) is 10.9 Å². The highest BCUT2D eigenvalue weighted by Gasteiger charge is 2.20. The van der Waals surface area contributed by atoms with E-state index in [4.69, 9.17) is 0 Å². The molecule has 0 aliphatic carbocycles. The van der Waals surface area contributed by atoms with E-state index in [2.05, 4.69) is 15.1 Å². The Morgan fingerprint density at radius 3 is 2.90 bits per heavy atom. The molecule has 1 fully saturated rings. The minimum Gasteiger partial charge on any atom is -0.320 e. The number of hydrogen-bond donors (Lipinski definition) is 2. The van der Waals surface area contributed by atoms with Gasteiger partial charge in [0.15, 0.2) is 0 Å². The molecule has 0 spiro atoms. The number of aryl methyl sites for hydroxylation is 1. The van der Waals surface area contributed by atoms with Gasteiger partial charge in [0.05, 0.1) is 6.20 Å². The van der Waals surface area contributed by atoms with Crippen molar-refractivity contribution < 1.29 is 8.42 Å². The molecule has 2 heterocycles. The lowest BCUT2D eigenvalue weighted by molar-refractivity contribution is 0.476. The molecule has 0 atom stereocenters. The van der Waals surface area contributed by atoms with Crippen molar-refractivity contribution in [3.05, 3.63) is 12.4 Å². The van der Waals surface area contributed by atoms with Crippen LogP contribution < -0.4 is 10.0 Å². The van der Waals surface area contributed by atoms with Crippen LogP contribution in [0.4, 0.5) is 0 Å². The first-order valence-electron chi connectivity index (χ1n) is 7.36. The van der Waals surface area contributed by atoms with Crippen LogP contribution in [0.25, 0.3) is 0 Å². The van der Waals surface area contributed by atoms with Crippen LogP contribution >= 0.6 is 11.8 Å². The quantitative estimate of drug-likeness (QED) is 0.692. The van der Waals surface area contributed by atoms with E-state index in [0.29, 0.717) is 12.5 Å². The highest BCUT2D eigenvalue weighted by Crippen LogP contribution is 2.22. The number of nitrogens with zero attached hydrogens (tertiary/aromatic N) is 2. The van der Waals surface area contributed by atoms with Crippen LogP contribution in [0, 0.1) is 5.92 Å². The van der Waals surface area contributed by atoms with E-state index in [0.717, 1.165) is 43.9 Å². The number of thioether (sulfide) groups is 1. The predicted octanol–water partition coefficient (Wildman–Crippen LogP) is 0.914. The van der Waals surface area contributed by atoms with E-state index >= 15 is 0 Å². The summed E-state index contributed by atoms with van der Waals surface area (Å²) in [4.78, 5) is 0.261. The van der Waals surface area contributed by atoms with E-state index in [9.17, 15) is 8.42 Å². The number of rotatable bonds is 8. The molecule has 1 aliphatic heterocycles. The Morgan fingerprint density at radius 2 is 2.19 bits per heavy atom. The fraction of sp³-hybridized carbons (Fsp3) is 0.769. The smallest absolute Gasteiger partial charge is 0.243 e. The summed E-state index contributed by atoms with van der Waals surface area (Å²) in [7, 11) is -1.53. The van der Waals surface area contributed by atoms with Crippen LogP contribution in [-0.4, -0.2) is 49.8 Å². The van der Waals surface area contributed by atoms with Gasteiger partial charge in [0.25, 0.3) is 0 Å². The third-order valence-electron chi connectivity index (χ3n) is 3.64. The van der Waals surface area contributed by atoms with Gasteiger partial charge >= 0.3 is 0 Å². The van der Waals surface area contributed by atoms with E-state index in [1.807, 2.05) is 18.8 Å². The van der Waals surface area contributed by atoms with Crippen molar-refractivity contribution in [2.45, 2.75) is 30.7 Å². The van der Waals surface area contributed by atoms with Crippen LogP contribution in [0.3, 0.4) is 0 Å². The molecule has 1 saturated heterocycles. The molecule has 0 aromatic carbocycles. The van der Waals surface area contributed by atoms with Gasteiger partial charge < -0.3 is 5.32 Å². The number of aromatic nitrogens is 2. The molecule has 0 radical (unpaired) electrons. The van der Waals surface area contributed by atoms with E-state index < -0.39 is 10.0 Å². The summed E-state index contributed by atoms with van der Waals surface area (Å²) in [6.07, 6.45) is 6.14. The zero-order chi connectivity index (χ0) is 15.1. The Hall–Kier alpha value is -0.570. The van der Waals surface area contributed by atoms with Gasteiger partial charge in [-0.2, -0.15) is 16.9 Å². The maximum atomic E-state index is 12.2. The number of hydrogen-bond acceptors (Lipinski definition) is 5. The van der Waals surface area contributed by atoms with Gasteiger partial charge in [-0.3, -0.25) is 4.68 Å². The number of nitrogens with one attached hydrogen (secondary N) is 2. The second-order valence-corrected chi connectivity index (χ2v) is 8.30. The summed E-state index contributed by atoms with van der Waals surface area (Å²) in [5.74, 6) is 2.73. The Morgan fingerprint density at radius 1 is 1.43 bits per heavy atom. The lowest BCUT2D eigenvalue weighted by Gasteiger charge is -2.21. The second-order valence-electron chi connectivity index (χ2n) is 5.30. The minimum absolute atomic E-state index is 0.261. The van der Waals surface area contributed by atoms with Crippen LogP contribution in [0.2, 0.25) is 0 Å². The third-order valence-corrected chi connectivity index (χ3v) is 6.06. The molecule has 120 valence electrons. The van der Waals surface area contributed by atoms with Crippen molar-refractivity contribution in [1.82, 2.24) is 19.8 Å². The third kappa shape index (κ3) is 5.28. The van der Waals surface area contributed by atoms with Crippen molar-refractivity contribution >= 4 is 21.8 Å². The SMILES string of the molecule is CNCCCn1cc(S(=O)(=O)NCC2CCSCC2)cn1. The normalized spacial score (nSPS) is 17.2. The van der Waals surface area contributed by atoms with Gasteiger partial charge in [-0.15, -0.1) is 0 Å². The van der Waals surface area contributed by atoms with Crippen molar-refractivity contribution in [2.75, 3.05) is 31.6 Å². The molecular formula is C13H24N4O2S2. The Bertz CT molecular complexity index is 524. The fourth-order valence-electron chi connectivity index (χ4n) is 2.28. The average Bonchev–Trinajstić information content (AvgIpc) is 2.96. The molecule has 2 N–H and O–H groups in total. The molecular weight excluding hydrogens is 308 g/mol. The molecule has 0 bridgehead atoms. The summed E-state index contributed by atoms with van der Waals surface area (Å²) in [6, 6.07) is 0. The first-order valence-corrected chi connectivity index (χ1v) is 10.00. The summed E-state index contributed by atoms with van der Waals surface area (Å²) >= 11 is 1.95. The van der Waals surface area contributed by atoms with Crippen LogP contribution in [0.15, 0.2) is 17.3 Å². The lowest BCUT2D eigenvalue weighted by Crippen LogP contribution is -2.30. The fourth-order valence-corrected chi connectivity index (χ4v) is 4.56. The van der Waals surface area contributed by atoms with Crippen LogP contribution in [0.1, 0.15) is 19.3 Å². The molecule has 0 unspecified atom stereocenters. The topological polar surface area (TPSA) is 76.0 Å². The summed E-state index contributed by atoms with van der Waals surface area (Å²) in [6.45, 7) is 2.14. The zero-order valence-electron chi connectivity index (χ0n) is 12.4. The van der Waals surface area contributed by atoms with Gasteiger partial charge in [0.2, 0.25) is 10.0 Å². The van der Waals surface area contributed by atoms with Gasteiger partial charge in [-0.05, 0) is 50.3 Å². The zero-order valence-corrected chi connectivity index (χ0v) is 14.0. The van der Waals surface area contributed by atoms with Crippen molar-refractivity contribution in [3.63, 3.8) is 0 Å². The summed E-state index contributed by atoms with van der Waals surface area (Å²) in [5, 5.41) is 7.17. The monoisotopic (exact) mass is 332 g/mol. The molecule has 1 aromatic heterocycles. The van der Waals surface area contributed by atoms with Crippen molar-refractivity contribution in [3.8, 4) is 0 Å². The molecule has 2 rings (SSSR count).